The van der Waals surface area contributed by atoms with Crippen molar-refractivity contribution in [2.75, 3.05) is 13.1 Å². The van der Waals surface area contributed by atoms with E-state index in [-0.39, 0.29) is 11.3 Å². The topological polar surface area (TPSA) is 20.3 Å². The van der Waals surface area contributed by atoms with Crippen molar-refractivity contribution in [1.82, 2.24) is 4.90 Å². The van der Waals surface area contributed by atoms with E-state index in [4.69, 9.17) is 0 Å². The molecule has 0 bridgehead atoms. The summed E-state index contributed by atoms with van der Waals surface area (Å²) < 4.78 is 13.7. The maximum atomic E-state index is 13.7. The van der Waals surface area contributed by atoms with Crippen LogP contribution in [0.1, 0.15) is 35.2 Å². The molecular formula is C20H22FNO. The minimum atomic E-state index is -0.404. The fourth-order valence-electron chi connectivity index (χ4n) is 3.25. The van der Waals surface area contributed by atoms with E-state index < -0.39 is 5.82 Å². The summed E-state index contributed by atoms with van der Waals surface area (Å²) in [4.78, 5) is 14.7. The Morgan fingerprint density at radius 1 is 1.00 bits per heavy atom. The highest BCUT2D eigenvalue weighted by molar-refractivity contribution is 5.96. The lowest BCUT2D eigenvalue weighted by Gasteiger charge is -2.31. The Labute approximate surface area is 136 Å². The van der Waals surface area contributed by atoms with Crippen molar-refractivity contribution in [3.8, 4) is 0 Å². The normalized spacial score (nSPS) is 16.4. The number of nitrogens with zero attached hydrogens (tertiary/aromatic N) is 1. The third kappa shape index (κ3) is 4.26. The Morgan fingerprint density at radius 3 is 2.35 bits per heavy atom. The van der Waals surface area contributed by atoms with Gasteiger partial charge in [0.1, 0.15) is 5.82 Å². The SMILES string of the molecule is O=C(CC1CCN(Cc2ccccc2)CC1)c1ccccc1F. The number of Topliss-reactive ketones (excluding diaryl/α,β-unsaturated/α-hetero) is 1. The molecule has 1 heterocycles. The lowest BCUT2D eigenvalue weighted by molar-refractivity contribution is 0.0921. The largest absolute Gasteiger partial charge is 0.299 e. The summed E-state index contributed by atoms with van der Waals surface area (Å²) in [6.45, 7) is 2.98. The molecule has 120 valence electrons. The number of hydrogen-bond acceptors (Lipinski definition) is 2. The van der Waals surface area contributed by atoms with Gasteiger partial charge in [-0.2, -0.15) is 0 Å². The van der Waals surface area contributed by atoms with Gasteiger partial charge in [0, 0.05) is 13.0 Å². The van der Waals surface area contributed by atoms with Gasteiger partial charge in [-0.25, -0.2) is 4.39 Å². The standard InChI is InChI=1S/C20H22FNO/c21-19-9-5-4-8-18(19)20(23)14-16-10-12-22(13-11-16)15-17-6-2-1-3-7-17/h1-9,16H,10-15H2. The first kappa shape index (κ1) is 15.9. The minimum Gasteiger partial charge on any atom is -0.299 e. The third-order valence-electron chi connectivity index (χ3n) is 4.60. The zero-order valence-electron chi connectivity index (χ0n) is 13.2. The van der Waals surface area contributed by atoms with E-state index in [1.165, 1.54) is 11.6 Å². The molecule has 0 amide bonds. The number of carbonyl (C=O) groups excluding carboxylic acids is 1. The molecule has 0 unspecified atom stereocenters. The molecule has 1 aliphatic rings. The molecule has 0 radical (unpaired) electrons. The number of rotatable bonds is 5. The lowest BCUT2D eigenvalue weighted by Crippen LogP contribution is -2.34. The number of halogens is 1. The van der Waals surface area contributed by atoms with Crippen LogP contribution in [0.5, 0.6) is 0 Å². The van der Waals surface area contributed by atoms with Crippen molar-refractivity contribution in [2.45, 2.75) is 25.8 Å². The van der Waals surface area contributed by atoms with Gasteiger partial charge in [0.2, 0.25) is 0 Å². The molecule has 2 aromatic carbocycles. The summed E-state index contributed by atoms with van der Waals surface area (Å²) >= 11 is 0. The molecule has 2 nitrogen and oxygen atoms in total. The van der Waals surface area contributed by atoms with Gasteiger partial charge in [0.25, 0.3) is 0 Å². The average molecular weight is 311 g/mol. The Morgan fingerprint density at radius 2 is 1.65 bits per heavy atom. The van der Waals surface area contributed by atoms with E-state index in [1.807, 2.05) is 6.07 Å². The van der Waals surface area contributed by atoms with E-state index in [2.05, 4.69) is 29.2 Å². The summed E-state index contributed by atoms with van der Waals surface area (Å²) in [5.41, 5.74) is 1.56. The Kier molecular flexibility index (Phi) is 5.19. The van der Waals surface area contributed by atoms with Crippen LogP contribution in [0.15, 0.2) is 54.6 Å². The van der Waals surface area contributed by atoms with Gasteiger partial charge in [0.15, 0.2) is 5.78 Å². The first-order valence-corrected chi connectivity index (χ1v) is 8.26. The van der Waals surface area contributed by atoms with Crippen molar-refractivity contribution in [1.29, 1.82) is 0 Å². The fraction of sp³-hybridized carbons (Fsp3) is 0.350. The van der Waals surface area contributed by atoms with Gasteiger partial charge in [-0.15, -0.1) is 0 Å². The van der Waals surface area contributed by atoms with E-state index in [9.17, 15) is 9.18 Å². The van der Waals surface area contributed by atoms with Crippen LogP contribution in [0.2, 0.25) is 0 Å². The van der Waals surface area contributed by atoms with Crippen LogP contribution in [-0.4, -0.2) is 23.8 Å². The van der Waals surface area contributed by atoms with Gasteiger partial charge >= 0.3 is 0 Å². The molecule has 3 heteroatoms. The Bertz CT molecular complexity index is 648. The predicted molar refractivity (Wildman–Crippen MR) is 89.8 cm³/mol. The first-order valence-electron chi connectivity index (χ1n) is 8.26. The van der Waals surface area contributed by atoms with E-state index in [1.54, 1.807) is 18.2 Å². The second kappa shape index (κ2) is 7.51. The maximum Gasteiger partial charge on any atom is 0.166 e. The summed E-state index contributed by atoms with van der Waals surface area (Å²) in [5, 5.41) is 0. The second-order valence-corrected chi connectivity index (χ2v) is 6.31. The van der Waals surface area contributed by atoms with Crippen LogP contribution in [0.3, 0.4) is 0 Å². The van der Waals surface area contributed by atoms with Crippen molar-refractivity contribution in [3.05, 3.63) is 71.5 Å². The number of ketones is 1. The van der Waals surface area contributed by atoms with Gasteiger partial charge in [0.05, 0.1) is 5.56 Å². The van der Waals surface area contributed by atoms with Crippen LogP contribution in [0.4, 0.5) is 4.39 Å². The number of piperidine rings is 1. The summed E-state index contributed by atoms with van der Waals surface area (Å²) in [7, 11) is 0. The first-order chi connectivity index (χ1) is 11.2. The molecule has 1 saturated heterocycles. The highest BCUT2D eigenvalue weighted by atomic mass is 19.1. The molecule has 1 aliphatic heterocycles. The van der Waals surface area contributed by atoms with Gasteiger partial charge in [-0.1, -0.05) is 42.5 Å². The quantitative estimate of drug-likeness (QED) is 0.767. The molecule has 0 atom stereocenters. The van der Waals surface area contributed by atoms with E-state index >= 15 is 0 Å². The third-order valence-corrected chi connectivity index (χ3v) is 4.60. The summed E-state index contributed by atoms with van der Waals surface area (Å²) in [6, 6.07) is 16.7. The Balaban J connectivity index is 1.49. The van der Waals surface area contributed by atoms with Crippen LogP contribution in [-0.2, 0) is 6.54 Å². The minimum absolute atomic E-state index is 0.0652. The summed E-state index contributed by atoms with van der Waals surface area (Å²) in [5.74, 6) is -0.0993. The van der Waals surface area contributed by atoms with Crippen LogP contribution in [0.25, 0.3) is 0 Å². The maximum absolute atomic E-state index is 13.7. The zero-order valence-corrected chi connectivity index (χ0v) is 13.2. The molecule has 1 fully saturated rings. The van der Waals surface area contributed by atoms with Gasteiger partial charge in [-0.3, -0.25) is 9.69 Å². The Hall–Kier alpha value is -2.00. The zero-order chi connectivity index (χ0) is 16.1. The van der Waals surface area contributed by atoms with E-state index in [0.717, 1.165) is 32.5 Å². The van der Waals surface area contributed by atoms with Crippen LogP contribution < -0.4 is 0 Å². The van der Waals surface area contributed by atoms with Crippen molar-refractivity contribution in [3.63, 3.8) is 0 Å². The van der Waals surface area contributed by atoms with E-state index in [0.29, 0.717) is 12.3 Å². The highest BCUT2D eigenvalue weighted by Gasteiger charge is 2.23. The molecule has 3 rings (SSSR count). The smallest absolute Gasteiger partial charge is 0.166 e. The highest BCUT2D eigenvalue weighted by Crippen LogP contribution is 2.24. The van der Waals surface area contributed by atoms with Crippen molar-refractivity contribution < 1.29 is 9.18 Å². The predicted octanol–water partition coefficient (Wildman–Crippen LogP) is 4.31. The molecular weight excluding hydrogens is 289 g/mol. The molecule has 23 heavy (non-hydrogen) atoms. The number of benzene rings is 2. The molecule has 0 aliphatic carbocycles. The number of likely N-dealkylation sites (tertiary alicyclic amines) is 1. The molecule has 0 saturated carbocycles. The molecule has 0 N–H and O–H groups in total. The van der Waals surface area contributed by atoms with Gasteiger partial charge < -0.3 is 0 Å². The average Bonchev–Trinajstić information content (AvgIpc) is 2.58. The van der Waals surface area contributed by atoms with Crippen molar-refractivity contribution >= 4 is 5.78 Å². The number of hydrogen-bond donors (Lipinski definition) is 0. The van der Waals surface area contributed by atoms with Crippen LogP contribution >= 0.6 is 0 Å². The second-order valence-electron chi connectivity index (χ2n) is 6.31. The summed E-state index contributed by atoms with van der Waals surface area (Å²) in [6.07, 6.45) is 2.47. The van der Waals surface area contributed by atoms with Crippen LogP contribution in [0, 0.1) is 11.7 Å². The molecule has 0 spiro atoms. The number of carbonyl (C=O) groups is 1. The molecule has 0 aromatic heterocycles. The monoisotopic (exact) mass is 311 g/mol. The fourth-order valence-corrected chi connectivity index (χ4v) is 3.25. The lowest BCUT2D eigenvalue weighted by atomic mass is 9.89. The molecule has 2 aromatic rings. The van der Waals surface area contributed by atoms with Gasteiger partial charge in [-0.05, 0) is 49.5 Å². The van der Waals surface area contributed by atoms with Crippen molar-refractivity contribution in [2.24, 2.45) is 5.92 Å².